The highest BCUT2D eigenvalue weighted by Gasteiger charge is 2.01. The lowest BCUT2D eigenvalue weighted by atomic mass is 10.1. The van der Waals surface area contributed by atoms with Crippen LogP contribution in [0.25, 0.3) is 0 Å². The van der Waals surface area contributed by atoms with E-state index < -0.39 is 0 Å². The van der Waals surface area contributed by atoms with Crippen LogP contribution >= 0.6 is 0 Å². The van der Waals surface area contributed by atoms with Gasteiger partial charge < -0.3 is 0 Å². The molecule has 0 saturated carbocycles. The molecule has 1 aromatic rings. The third kappa shape index (κ3) is 9.82. The van der Waals surface area contributed by atoms with Crippen molar-refractivity contribution in [3.63, 3.8) is 0 Å². The van der Waals surface area contributed by atoms with Gasteiger partial charge in [-0.1, -0.05) is 58.3 Å². The smallest absolute Gasteiger partial charge is 0.240 e. The van der Waals surface area contributed by atoms with Crippen molar-refractivity contribution in [3.8, 4) is 0 Å². The lowest BCUT2D eigenvalue weighted by molar-refractivity contribution is -0.121. The monoisotopic (exact) mass is 317 g/mol. The Morgan fingerprint density at radius 1 is 1.00 bits per heavy atom. The molecular formula is C19H31N3O. The summed E-state index contributed by atoms with van der Waals surface area (Å²) in [6.07, 6.45) is 15.3. The Kier molecular flexibility index (Phi) is 10.8. The van der Waals surface area contributed by atoms with E-state index in [-0.39, 0.29) is 5.91 Å². The summed E-state index contributed by atoms with van der Waals surface area (Å²) < 4.78 is 0. The maximum Gasteiger partial charge on any atom is 0.240 e. The van der Waals surface area contributed by atoms with Crippen LogP contribution in [-0.4, -0.2) is 16.6 Å². The van der Waals surface area contributed by atoms with Gasteiger partial charge in [-0.25, -0.2) is 5.43 Å². The van der Waals surface area contributed by atoms with Crippen molar-refractivity contribution < 1.29 is 4.79 Å². The number of rotatable bonds is 12. The molecule has 0 bridgehead atoms. The average Bonchev–Trinajstić information content (AvgIpc) is 2.59. The van der Waals surface area contributed by atoms with Crippen LogP contribution in [0.4, 0.5) is 0 Å². The van der Waals surface area contributed by atoms with Gasteiger partial charge in [0.2, 0.25) is 5.91 Å². The quantitative estimate of drug-likeness (QED) is 0.340. The van der Waals surface area contributed by atoms with Gasteiger partial charge in [0.05, 0.1) is 5.71 Å². The molecule has 4 nitrogen and oxygen atoms in total. The second-order valence-corrected chi connectivity index (χ2v) is 6.05. The number of pyridine rings is 1. The SMILES string of the molecule is CCCCCCCCCCCC(=O)N/N=C(/C)c1ccncc1. The molecule has 0 saturated heterocycles. The van der Waals surface area contributed by atoms with E-state index in [2.05, 4.69) is 22.4 Å². The first-order valence-electron chi connectivity index (χ1n) is 8.97. The minimum atomic E-state index is 0.00125. The molecule has 0 unspecified atom stereocenters. The summed E-state index contributed by atoms with van der Waals surface area (Å²) in [5, 5.41) is 4.14. The first-order chi connectivity index (χ1) is 11.2. The van der Waals surface area contributed by atoms with Crippen molar-refractivity contribution in [2.24, 2.45) is 5.10 Å². The molecule has 0 aliphatic heterocycles. The molecule has 1 rings (SSSR count). The van der Waals surface area contributed by atoms with Crippen LogP contribution in [0.1, 0.15) is 83.6 Å². The Morgan fingerprint density at radius 2 is 1.57 bits per heavy atom. The van der Waals surface area contributed by atoms with Crippen molar-refractivity contribution in [1.29, 1.82) is 0 Å². The van der Waals surface area contributed by atoms with Crippen LogP contribution in [0.15, 0.2) is 29.6 Å². The fourth-order valence-electron chi connectivity index (χ4n) is 2.46. The van der Waals surface area contributed by atoms with Gasteiger partial charge in [0, 0.05) is 24.4 Å². The average molecular weight is 317 g/mol. The second-order valence-electron chi connectivity index (χ2n) is 6.05. The van der Waals surface area contributed by atoms with E-state index >= 15 is 0 Å². The number of hydrazone groups is 1. The minimum Gasteiger partial charge on any atom is -0.273 e. The number of carbonyl (C=O) groups is 1. The van der Waals surface area contributed by atoms with E-state index in [1.807, 2.05) is 19.1 Å². The van der Waals surface area contributed by atoms with Crippen molar-refractivity contribution in [1.82, 2.24) is 10.4 Å². The molecule has 1 N–H and O–H groups in total. The van der Waals surface area contributed by atoms with Gasteiger partial charge >= 0.3 is 0 Å². The van der Waals surface area contributed by atoms with E-state index in [0.717, 1.165) is 24.1 Å². The summed E-state index contributed by atoms with van der Waals surface area (Å²) >= 11 is 0. The van der Waals surface area contributed by atoms with Crippen LogP contribution in [0.2, 0.25) is 0 Å². The summed E-state index contributed by atoms with van der Waals surface area (Å²) in [6, 6.07) is 3.76. The second kappa shape index (κ2) is 12.8. The molecule has 23 heavy (non-hydrogen) atoms. The normalized spacial score (nSPS) is 11.5. The van der Waals surface area contributed by atoms with Crippen LogP contribution in [0.3, 0.4) is 0 Å². The fraction of sp³-hybridized carbons (Fsp3) is 0.632. The van der Waals surface area contributed by atoms with Crippen LogP contribution < -0.4 is 5.43 Å². The molecule has 0 radical (unpaired) electrons. The van der Waals surface area contributed by atoms with Gasteiger partial charge in [0.15, 0.2) is 0 Å². The number of amides is 1. The van der Waals surface area contributed by atoms with Gasteiger partial charge in [0.25, 0.3) is 0 Å². The molecule has 1 aromatic heterocycles. The number of nitrogens with zero attached hydrogens (tertiary/aromatic N) is 2. The Morgan fingerprint density at radius 3 is 2.17 bits per heavy atom. The van der Waals surface area contributed by atoms with E-state index in [1.165, 1.54) is 44.9 Å². The van der Waals surface area contributed by atoms with Crippen molar-refractivity contribution in [3.05, 3.63) is 30.1 Å². The molecular weight excluding hydrogens is 286 g/mol. The summed E-state index contributed by atoms with van der Waals surface area (Å²) in [5.41, 5.74) is 4.41. The number of hydrogen-bond donors (Lipinski definition) is 1. The van der Waals surface area contributed by atoms with Crippen LogP contribution in [0, 0.1) is 0 Å². The lowest BCUT2D eigenvalue weighted by Crippen LogP contribution is -2.18. The Hall–Kier alpha value is -1.71. The first-order valence-corrected chi connectivity index (χ1v) is 8.97. The highest BCUT2D eigenvalue weighted by Crippen LogP contribution is 2.10. The number of hydrogen-bond acceptors (Lipinski definition) is 3. The molecule has 0 aliphatic carbocycles. The Balaban J connectivity index is 2.04. The summed E-state index contributed by atoms with van der Waals surface area (Å²) in [6.45, 7) is 4.13. The van der Waals surface area contributed by atoms with E-state index in [1.54, 1.807) is 12.4 Å². The number of aromatic nitrogens is 1. The highest BCUT2D eigenvalue weighted by molar-refractivity contribution is 5.99. The molecule has 0 fully saturated rings. The highest BCUT2D eigenvalue weighted by atomic mass is 16.2. The zero-order chi connectivity index (χ0) is 16.8. The molecule has 0 atom stereocenters. The largest absolute Gasteiger partial charge is 0.273 e. The summed E-state index contributed by atoms with van der Waals surface area (Å²) in [7, 11) is 0. The van der Waals surface area contributed by atoms with Crippen molar-refractivity contribution in [2.75, 3.05) is 0 Å². The van der Waals surface area contributed by atoms with Gasteiger partial charge in [-0.05, 0) is 25.5 Å². The summed E-state index contributed by atoms with van der Waals surface area (Å²) in [4.78, 5) is 15.7. The molecule has 0 spiro atoms. The molecule has 0 aromatic carbocycles. The van der Waals surface area contributed by atoms with E-state index in [0.29, 0.717) is 6.42 Å². The molecule has 4 heteroatoms. The maximum atomic E-state index is 11.8. The van der Waals surface area contributed by atoms with E-state index in [9.17, 15) is 4.79 Å². The third-order valence-corrected chi connectivity index (χ3v) is 3.95. The molecule has 1 heterocycles. The number of carbonyl (C=O) groups excluding carboxylic acids is 1. The summed E-state index contributed by atoms with van der Waals surface area (Å²) in [5.74, 6) is 0.00125. The van der Waals surface area contributed by atoms with Gasteiger partial charge in [0.1, 0.15) is 0 Å². The van der Waals surface area contributed by atoms with Crippen molar-refractivity contribution >= 4 is 11.6 Å². The number of unbranched alkanes of at least 4 members (excludes halogenated alkanes) is 8. The number of nitrogens with one attached hydrogen (secondary N) is 1. The predicted molar refractivity (Wildman–Crippen MR) is 96.4 cm³/mol. The molecule has 128 valence electrons. The van der Waals surface area contributed by atoms with Crippen molar-refractivity contribution in [2.45, 2.75) is 78.1 Å². The maximum absolute atomic E-state index is 11.8. The van der Waals surface area contributed by atoms with Gasteiger partial charge in [-0.15, -0.1) is 0 Å². The lowest BCUT2D eigenvalue weighted by Gasteiger charge is -2.03. The standard InChI is InChI=1S/C19H31N3O/c1-3-4-5-6-7-8-9-10-11-12-19(23)22-21-17(2)18-13-15-20-16-14-18/h13-16H,3-12H2,1-2H3,(H,22,23)/b21-17-. The molecule has 0 aliphatic rings. The Labute approximate surface area is 140 Å². The zero-order valence-corrected chi connectivity index (χ0v) is 14.7. The Bertz CT molecular complexity index is 457. The zero-order valence-electron chi connectivity index (χ0n) is 14.7. The topological polar surface area (TPSA) is 54.4 Å². The predicted octanol–water partition coefficient (Wildman–Crippen LogP) is 4.84. The fourth-order valence-corrected chi connectivity index (χ4v) is 2.46. The molecule has 1 amide bonds. The van der Waals surface area contributed by atoms with Crippen LogP contribution in [-0.2, 0) is 4.79 Å². The van der Waals surface area contributed by atoms with Gasteiger partial charge in [-0.3, -0.25) is 9.78 Å². The minimum absolute atomic E-state index is 0.00125. The van der Waals surface area contributed by atoms with Crippen LogP contribution in [0.5, 0.6) is 0 Å². The van der Waals surface area contributed by atoms with Gasteiger partial charge in [-0.2, -0.15) is 5.10 Å². The van der Waals surface area contributed by atoms with E-state index in [4.69, 9.17) is 0 Å². The third-order valence-electron chi connectivity index (χ3n) is 3.95. The first kappa shape index (κ1) is 19.3.